The molecule has 0 atom stereocenters. The van der Waals surface area contributed by atoms with Gasteiger partial charge in [0.15, 0.2) is 0 Å². The first kappa shape index (κ1) is 13.3. The van der Waals surface area contributed by atoms with Gasteiger partial charge in [-0.15, -0.1) is 0 Å². The zero-order chi connectivity index (χ0) is 13.2. The lowest BCUT2D eigenvalue weighted by Gasteiger charge is -2.18. The Hall–Kier alpha value is -1.75. The van der Waals surface area contributed by atoms with E-state index in [2.05, 4.69) is 0 Å². The third-order valence-electron chi connectivity index (χ3n) is 2.33. The van der Waals surface area contributed by atoms with E-state index in [9.17, 15) is 9.59 Å². The number of carboxylic acids is 1. The molecule has 0 heterocycles. The smallest absolute Gasteiger partial charge is 0.339 e. The van der Waals surface area contributed by atoms with Crippen LogP contribution >= 0.6 is 11.6 Å². The Kier molecular flexibility index (Phi) is 3.96. The molecule has 0 fully saturated rings. The highest BCUT2D eigenvalue weighted by Gasteiger charge is 2.18. The van der Waals surface area contributed by atoms with Gasteiger partial charge in [-0.3, -0.25) is 4.79 Å². The minimum Gasteiger partial charge on any atom is -0.496 e. The third kappa shape index (κ3) is 2.68. The standard InChI is InChI=1S/C11H12ClNO4/c1-6(14)13(2)9-5-10(17-3)7(11(15)16)4-8(9)12/h4-5H,1-3H3,(H,15,16). The zero-order valence-corrected chi connectivity index (χ0v) is 10.4. The average molecular weight is 258 g/mol. The monoisotopic (exact) mass is 257 g/mol. The highest BCUT2D eigenvalue weighted by atomic mass is 35.5. The maximum Gasteiger partial charge on any atom is 0.339 e. The number of nitrogens with zero attached hydrogens (tertiary/aromatic N) is 1. The Morgan fingerprint density at radius 1 is 1.41 bits per heavy atom. The summed E-state index contributed by atoms with van der Waals surface area (Å²) in [4.78, 5) is 23.5. The van der Waals surface area contributed by atoms with Crippen LogP contribution in [0.1, 0.15) is 17.3 Å². The van der Waals surface area contributed by atoms with Crippen LogP contribution < -0.4 is 9.64 Å². The largest absolute Gasteiger partial charge is 0.496 e. The minimum atomic E-state index is -1.14. The number of amides is 1. The lowest BCUT2D eigenvalue weighted by Crippen LogP contribution is -2.23. The Morgan fingerprint density at radius 3 is 2.41 bits per heavy atom. The third-order valence-corrected chi connectivity index (χ3v) is 2.64. The molecule has 1 aromatic carbocycles. The number of hydrogen-bond acceptors (Lipinski definition) is 3. The van der Waals surface area contributed by atoms with Crippen LogP contribution in [0.5, 0.6) is 5.75 Å². The number of anilines is 1. The molecule has 17 heavy (non-hydrogen) atoms. The molecule has 0 aliphatic heterocycles. The summed E-state index contributed by atoms with van der Waals surface area (Å²) < 4.78 is 4.95. The Balaban J connectivity index is 3.36. The van der Waals surface area contributed by atoms with Crippen molar-refractivity contribution in [2.24, 2.45) is 0 Å². The lowest BCUT2D eigenvalue weighted by atomic mass is 10.1. The first-order valence-electron chi connectivity index (χ1n) is 4.73. The lowest BCUT2D eigenvalue weighted by molar-refractivity contribution is -0.116. The number of rotatable bonds is 3. The molecule has 1 amide bonds. The van der Waals surface area contributed by atoms with Gasteiger partial charge >= 0.3 is 5.97 Å². The highest BCUT2D eigenvalue weighted by molar-refractivity contribution is 6.34. The predicted octanol–water partition coefficient (Wildman–Crippen LogP) is 2.03. The molecule has 0 unspecified atom stereocenters. The molecule has 1 N–H and O–H groups in total. The van der Waals surface area contributed by atoms with Crippen LogP contribution in [0, 0.1) is 0 Å². The number of halogens is 1. The molecular weight excluding hydrogens is 246 g/mol. The molecule has 1 rings (SSSR count). The van der Waals surface area contributed by atoms with Gasteiger partial charge in [-0.25, -0.2) is 4.79 Å². The Morgan fingerprint density at radius 2 is 2.00 bits per heavy atom. The van der Waals surface area contributed by atoms with Crippen molar-refractivity contribution in [3.05, 3.63) is 22.7 Å². The Bertz CT molecular complexity index is 473. The quantitative estimate of drug-likeness (QED) is 0.900. The molecule has 0 saturated heterocycles. The molecule has 0 spiro atoms. The first-order chi connectivity index (χ1) is 7.88. The number of hydrogen-bond donors (Lipinski definition) is 1. The molecule has 0 radical (unpaired) electrons. The van der Waals surface area contributed by atoms with Gasteiger partial charge in [-0.05, 0) is 6.07 Å². The van der Waals surface area contributed by atoms with Crippen molar-refractivity contribution < 1.29 is 19.4 Å². The van der Waals surface area contributed by atoms with Crippen LogP contribution in [0.15, 0.2) is 12.1 Å². The van der Waals surface area contributed by atoms with Crippen molar-refractivity contribution in [1.29, 1.82) is 0 Å². The molecule has 0 saturated carbocycles. The fourth-order valence-corrected chi connectivity index (χ4v) is 1.60. The molecular formula is C11H12ClNO4. The van der Waals surface area contributed by atoms with Gasteiger partial charge in [0.1, 0.15) is 11.3 Å². The summed E-state index contributed by atoms with van der Waals surface area (Å²) >= 11 is 5.93. The first-order valence-corrected chi connectivity index (χ1v) is 5.11. The van der Waals surface area contributed by atoms with Gasteiger partial charge in [-0.2, -0.15) is 0 Å². The SMILES string of the molecule is COc1cc(N(C)C(C)=O)c(Cl)cc1C(=O)O. The van der Waals surface area contributed by atoms with Crippen LogP contribution in [-0.2, 0) is 4.79 Å². The summed E-state index contributed by atoms with van der Waals surface area (Å²) in [5, 5.41) is 9.12. The maximum atomic E-state index is 11.2. The molecule has 6 heteroatoms. The number of methoxy groups -OCH3 is 1. The van der Waals surface area contributed by atoms with E-state index in [0.29, 0.717) is 5.69 Å². The van der Waals surface area contributed by atoms with E-state index in [4.69, 9.17) is 21.4 Å². The van der Waals surface area contributed by atoms with Gasteiger partial charge in [0.2, 0.25) is 5.91 Å². The number of carbonyl (C=O) groups is 2. The molecule has 92 valence electrons. The summed E-state index contributed by atoms with van der Waals surface area (Å²) in [5.74, 6) is -1.19. The fourth-order valence-electron chi connectivity index (χ4n) is 1.31. The summed E-state index contributed by atoms with van der Waals surface area (Å²) in [6.45, 7) is 1.38. The van der Waals surface area contributed by atoms with Crippen molar-refractivity contribution in [2.45, 2.75) is 6.92 Å². The van der Waals surface area contributed by atoms with E-state index in [0.717, 1.165) is 0 Å². The molecule has 0 aromatic heterocycles. The molecule has 1 aromatic rings. The summed E-state index contributed by atoms with van der Waals surface area (Å²) in [6.07, 6.45) is 0. The second-order valence-corrected chi connectivity index (χ2v) is 3.79. The number of ether oxygens (including phenoxy) is 1. The van der Waals surface area contributed by atoms with Crippen LogP contribution in [-0.4, -0.2) is 31.1 Å². The molecule has 0 aliphatic rings. The number of carbonyl (C=O) groups excluding carboxylic acids is 1. The second-order valence-electron chi connectivity index (χ2n) is 3.39. The van der Waals surface area contributed by atoms with Gasteiger partial charge in [0.25, 0.3) is 0 Å². The minimum absolute atomic E-state index is 0.0433. The molecule has 0 bridgehead atoms. The van der Waals surface area contributed by atoms with E-state index < -0.39 is 5.97 Å². The van der Waals surface area contributed by atoms with Crippen molar-refractivity contribution in [3.63, 3.8) is 0 Å². The topological polar surface area (TPSA) is 66.8 Å². The van der Waals surface area contributed by atoms with E-state index in [1.807, 2.05) is 0 Å². The normalized spacial score (nSPS) is 9.88. The summed E-state index contributed by atoms with van der Waals surface area (Å²) in [7, 11) is 2.90. The van der Waals surface area contributed by atoms with Crippen LogP contribution in [0.3, 0.4) is 0 Å². The van der Waals surface area contributed by atoms with Gasteiger partial charge in [0, 0.05) is 20.0 Å². The van der Waals surface area contributed by atoms with E-state index in [1.165, 1.54) is 31.1 Å². The maximum absolute atomic E-state index is 11.2. The fraction of sp³-hybridized carbons (Fsp3) is 0.273. The number of benzene rings is 1. The van der Waals surface area contributed by atoms with Gasteiger partial charge in [0.05, 0.1) is 17.8 Å². The van der Waals surface area contributed by atoms with Crippen LogP contribution in [0.25, 0.3) is 0 Å². The van der Waals surface area contributed by atoms with E-state index >= 15 is 0 Å². The van der Waals surface area contributed by atoms with Gasteiger partial charge in [-0.1, -0.05) is 11.6 Å². The summed E-state index contributed by atoms with van der Waals surface area (Å²) in [5.41, 5.74) is 0.360. The highest BCUT2D eigenvalue weighted by Crippen LogP contribution is 2.33. The Labute approximate surface area is 104 Å². The van der Waals surface area contributed by atoms with Crippen LogP contribution in [0.2, 0.25) is 5.02 Å². The van der Waals surface area contributed by atoms with Crippen molar-refractivity contribution in [3.8, 4) is 5.75 Å². The van der Waals surface area contributed by atoms with Crippen LogP contribution in [0.4, 0.5) is 5.69 Å². The molecule has 5 nitrogen and oxygen atoms in total. The van der Waals surface area contributed by atoms with Crippen molar-refractivity contribution in [1.82, 2.24) is 0 Å². The van der Waals surface area contributed by atoms with Crippen molar-refractivity contribution in [2.75, 3.05) is 19.1 Å². The van der Waals surface area contributed by atoms with Gasteiger partial charge < -0.3 is 14.7 Å². The predicted molar refractivity (Wildman–Crippen MR) is 64.0 cm³/mol. The zero-order valence-electron chi connectivity index (χ0n) is 9.65. The number of carboxylic acid groups (broad SMARTS) is 1. The van der Waals surface area contributed by atoms with E-state index in [-0.39, 0.29) is 22.2 Å². The average Bonchev–Trinajstić information content (AvgIpc) is 2.27. The second kappa shape index (κ2) is 5.05. The summed E-state index contributed by atoms with van der Waals surface area (Å²) in [6, 6.07) is 2.69. The van der Waals surface area contributed by atoms with Crippen molar-refractivity contribution >= 4 is 29.2 Å². The molecule has 0 aliphatic carbocycles. The number of aromatic carboxylic acids is 1. The van der Waals surface area contributed by atoms with E-state index in [1.54, 1.807) is 7.05 Å².